The summed E-state index contributed by atoms with van der Waals surface area (Å²) < 4.78 is 26.8. The first-order valence-electron chi connectivity index (χ1n) is 9.14. The third kappa shape index (κ3) is 4.40. The molecule has 148 valence electrons. The predicted octanol–water partition coefficient (Wildman–Crippen LogP) is 1.96. The second-order valence-electron chi connectivity index (χ2n) is 6.58. The van der Waals surface area contributed by atoms with E-state index in [1.807, 2.05) is 31.2 Å². The number of hydrogen-bond donors (Lipinski definition) is 1. The Morgan fingerprint density at radius 2 is 1.75 bits per heavy atom. The second kappa shape index (κ2) is 8.53. The third-order valence-corrected chi connectivity index (χ3v) is 6.68. The van der Waals surface area contributed by atoms with Gasteiger partial charge in [0.25, 0.3) is 5.91 Å². The normalized spacial score (nSPS) is 15.2. The summed E-state index contributed by atoms with van der Waals surface area (Å²) in [7, 11) is -3.65. The molecule has 0 aromatic heterocycles. The molecular formula is C20H23N3O4S. The van der Waals surface area contributed by atoms with E-state index in [0.717, 1.165) is 18.4 Å². The number of nitrogens with zero attached hydrogens (tertiary/aromatic N) is 2. The molecule has 2 aromatic carbocycles. The molecule has 0 bridgehead atoms. The van der Waals surface area contributed by atoms with Crippen LogP contribution in [0.5, 0.6) is 0 Å². The first-order chi connectivity index (χ1) is 13.4. The van der Waals surface area contributed by atoms with Gasteiger partial charge in [0.15, 0.2) is 0 Å². The highest BCUT2D eigenvalue weighted by Gasteiger charge is 2.28. The van der Waals surface area contributed by atoms with Gasteiger partial charge in [-0.1, -0.05) is 19.1 Å². The number of carbonyl (C=O) groups is 2. The maximum Gasteiger partial charge on any atom is 0.255 e. The van der Waals surface area contributed by atoms with Crippen molar-refractivity contribution in [3.8, 4) is 0 Å². The smallest absolute Gasteiger partial charge is 0.255 e. The van der Waals surface area contributed by atoms with Crippen LogP contribution in [0, 0.1) is 0 Å². The molecule has 1 N–H and O–H groups in total. The molecule has 0 atom stereocenters. The Kier molecular flexibility index (Phi) is 6.11. The van der Waals surface area contributed by atoms with Crippen molar-refractivity contribution in [3.63, 3.8) is 0 Å². The van der Waals surface area contributed by atoms with E-state index < -0.39 is 10.0 Å². The van der Waals surface area contributed by atoms with Crippen LogP contribution in [0.15, 0.2) is 53.4 Å². The van der Waals surface area contributed by atoms with Crippen LogP contribution in [0.2, 0.25) is 0 Å². The number of carbonyl (C=O) groups excluding carboxylic acids is 2. The molecule has 28 heavy (non-hydrogen) atoms. The Bertz CT molecular complexity index is 950. The quantitative estimate of drug-likeness (QED) is 0.750. The minimum Gasteiger partial charge on any atom is -0.343 e. The summed E-state index contributed by atoms with van der Waals surface area (Å²) in [5, 5.41) is 2.83. The van der Waals surface area contributed by atoms with Crippen molar-refractivity contribution in [2.24, 2.45) is 0 Å². The Balaban J connectivity index is 1.70. The SMILES string of the molecule is CCc1cccc(NC(=O)c2ccc(S(=O)(=O)N3CCN(C=O)CC3)cc2)c1. The molecule has 1 aliphatic rings. The summed E-state index contributed by atoms with van der Waals surface area (Å²) in [4.78, 5) is 24.9. The van der Waals surface area contributed by atoms with Gasteiger partial charge in [-0.2, -0.15) is 4.31 Å². The van der Waals surface area contributed by atoms with Crippen LogP contribution in [0.4, 0.5) is 5.69 Å². The van der Waals surface area contributed by atoms with Crippen molar-refractivity contribution in [2.75, 3.05) is 31.5 Å². The Morgan fingerprint density at radius 1 is 1.07 bits per heavy atom. The van der Waals surface area contributed by atoms with Crippen LogP contribution in [0.3, 0.4) is 0 Å². The first-order valence-corrected chi connectivity index (χ1v) is 10.6. The molecule has 2 amide bonds. The van der Waals surface area contributed by atoms with Crippen molar-refractivity contribution in [3.05, 3.63) is 59.7 Å². The molecule has 0 spiro atoms. The van der Waals surface area contributed by atoms with Gasteiger partial charge in [-0.25, -0.2) is 8.42 Å². The number of aryl methyl sites for hydroxylation is 1. The zero-order chi connectivity index (χ0) is 20.1. The molecule has 0 radical (unpaired) electrons. The van der Waals surface area contributed by atoms with Crippen molar-refractivity contribution in [2.45, 2.75) is 18.2 Å². The van der Waals surface area contributed by atoms with E-state index in [2.05, 4.69) is 5.32 Å². The summed E-state index contributed by atoms with van der Waals surface area (Å²) in [5.74, 6) is -0.295. The van der Waals surface area contributed by atoms with Gasteiger partial charge in [-0.05, 0) is 48.4 Å². The maximum absolute atomic E-state index is 12.7. The van der Waals surface area contributed by atoms with Crippen LogP contribution in [0.25, 0.3) is 0 Å². The average Bonchev–Trinajstić information content (AvgIpc) is 2.74. The fourth-order valence-electron chi connectivity index (χ4n) is 3.05. The lowest BCUT2D eigenvalue weighted by molar-refractivity contribution is -0.119. The zero-order valence-electron chi connectivity index (χ0n) is 15.7. The van der Waals surface area contributed by atoms with E-state index in [9.17, 15) is 18.0 Å². The van der Waals surface area contributed by atoms with Gasteiger partial charge in [0.2, 0.25) is 16.4 Å². The topological polar surface area (TPSA) is 86.8 Å². The highest BCUT2D eigenvalue weighted by atomic mass is 32.2. The van der Waals surface area contributed by atoms with Crippen LogP contribution < -0.4 is 5.32 Å². The highest BCUT2D eigenvalue weighted by molar-refractivity contribution is 7.89. The molecule has 1 fully saturated rings. The van der Waals surface area contributed by atoms with E-state index in [1.165, 1.54) is 28.6 Å². The summed E-state index contributed by atoms with van der Waals surface area (Å²) in [6, 6.07) is 13.5. The Morgan fingerprint density at radius 3 is 2.36 bits per heavy atom. The molecule has 7 nitrogen and oxygen atoms in total. The average molecular weight is 401 g/mol. The van der Waals surface area contributed by atoms with E-state index >= 15 is 0 Å². The van der Waals surface area contributed by atoms with E-state index in [4.69, 9.17) is 0 Å². The Labute approximate surface area is 165 Å². The van der Waals surface area contributed by atoms with E-state index in [-0.39, 0.29) is 23.9 Å². The van der Waals surface area contributed by atoms with Gasteiger partial charge in [0.05, 0.1) is 4.90 Å². The number of anilines is 1. The number of rotatable bonds is 6. The molecule has 1 saturated heterocycles. The molecule has 1 aliphatic heterocycles. The minimum absolute atomic E-state index is 0.136. The number of benzene rings is 2. The molecule has 3 rings (SSSR count). The van der Waals surface area contributed by atoms with Crippen molar-refractivity contribution in [1.82, 2.24) is 9.21 Å². The molecule has 0 unspecified atom stereocenters. The molecule has 1 heterocycles. The lowest BCUT2D eigenvalue weighted by Gasteiger charge is -2.31. The van der Waals surface area contributed by atoms with Crippen molar-refractivity contribution in [1.29, 1.82) is 0 Å². The van der Waals surface area contributed by atoms with Gasteiger partial charge >= 0.3 is 0 Å². The lowest BCUT2D eigenvalue weighted by atomic mass is 10.1. The number of sulfonamides is 1. The number of hydrogen-bond acceptors (Lipinski definition) is 4. The fourth-order valence-corrected chi connectivity index (χ4v) is 4.47. The van der Waals surface area contributed by atoms with Crippen LogP contribution in [0.1, 0.15) is 22.8 Å². The predicted molar refractivity (Wildman–Crippen MR) is 107 cm³/mol. The Hall–Kier alpha value is -2.71. The van der Waals surface area contributed by atoms with Gasteiger partial charge in [-0.3, -0.25) is 9.59 Å². The standard InChI is InChI=1S/C20H23N3O4S/c1-2-16-4-3-5-18(14-16)21-20(25)17-6-8-19(9-7-17)28(26,27)23-12-10-22(15-24)11-13-23/h3-9,14-15H,2,10-13H2,1H3,(H,21,25). The molecule has 2 aromatic rings. The number of nitrogens with one attached hydrogen (secondary N) is 1. The van der Waals surface area contributed by atoms with Gasteiger partial charge in [0, 0.05) is 37.4 Å². The number of amides is 2. The van der Waals surface area contributed by atoms with E-state index in [0.29, 0.717) is 24.3 Å². The molecule has 0 saturated carbocycles. The summed E-state index contributed by atoms with van der Waals surface area (Å²) >= 11 is 0. The zero-order valence-corrected chi connectivity index (χ0v) is 16.5. The van der Waals surface area contributed by atoms with E-state index in [1.54, 1.807) is 4.90 Å². The van der Waals surface area contributed by atoms with Gasteiger partial charge in [-0.15, -0.1) is 0 Å². The molecule has 8 heteroatoms. The fraction of sp³-hybridized carbons (Fsp3) is 0.300. The second-order valence-corrected chi connectivity index (χ2v) is 8.52. The minimum atomic E-state index is -3.65. The van der Waals surface area contributed by atoms with Crippen LogP contribution >= 0.6 is 0 Å². The monoisotopic (exact) mass is 401 g/mol. The highest BCUT2D eigenvalue weighted by Crippen LogP contribution is 2.19. The summed E-state index contributed by atoms with van der Waals surface area (Å²) in [6.45, 7) is 3.31. The van der Waals surface area contributed by atoms with Crippen LogP contribution in [-0.4, -0.2) is 56.1 Å². The first kappa shape index (κ1) is 20.0. The molecular weight excluding hydrogens is 378 g/mol. The summed E-state index contributed by atoms with van der Waals surface area (Å²) in [5.41, 5.74) is 2.20. The van der Waals surface area contributed by atoms with Gasteiger partial charge in [0.1, 0.15) is 0 Å². The summed E-state index contributed by atoms with van der Waals surface area (Å²) in [6.07, 6.45) is 1.60. The molecule has 0 aliphatic carbocycles. The largest absolute Gasteiger partial charge is 0.343 e. The van der Waals surface area contributed by atoms with Crippen molar-refractivity contribution < 1.29 is 18.0 Å². The van der Waals surface area contributed by atoms with Crippen LogP contribution in [-0.2, 0) is 21.2 Å². The third-order valence-electron chi connectivity index (χ3n) is 4.77. The van der Waals surface area contributed by atoms with Crippen molar-refractivity contribution >= 4 is 28.0 Å². The number of piperazine rings is 1. The van der Waals surface area contributed by atoms with Gasteiger partial charge < -0.3 is 10.2 Å². The lowest BCUT2D eigenvalue weighted by Crippen LogP contribution is -2.47. The maximum atomic E-state index is 12.7.